The van der Waals surface area contributed by atoms with Crippen molar-refractivity contribution in [1.29, 1.82) is 0 Å². The molecule has 1 aromatic carbocycles. The largest absolute Gasteiger partial charge is 0.438 e. The average Bonchev–Trinajstić information content (AvgIpc) is 2.83. The molecule has 126 valence electrons. The molecule has 23 heavy (non-hydrogen) atoms. The maximum Gasteiger partial charge on any atom is 0.438 e. The Bertz CT molecular complexity index is 616. The highest BCUT2D eigenvalue weighted by Gasteiger charge is 2.63. The highest BCUT2D eigenvalue weighted by molar-refractivity contribution is 6.30. The van der Waals surface area contributed by atoms with Crippen molar-refractivity contribution < 1.29 is 23.1 Å². The number of hydrogen-bond donors (Lipinski definition) is 1. The second-order valence-electron chi connectivity index (χ2n) is 5.38. The van der Waals surface area contributed by atoms with E-state index in [1.807, 2.05) is 6.92 Å². The van der Waals surface area contributed by atoms with Gasteiger partial charge in [-0.25, -0.2) is 0 Å². The first-order valence-corrected chi connectivity index (χ1v) is 7.52. The molecule has 1 aliphatic rings. The predicted octanol–water partition coefficient (Wildman–Crippen LogP) is 3.98. The topological polar surface area (TPSA) is 52.9 Å². The number of hydrogen-bond acceptors (Lipinski definition) is 3. The second-order valence-corrected chi connectivity index (χ2v) is 5.82. The molecule has 0 aromatic heterocycles. The summed E-state index contributed by atoms with van der Waals surface area (Å²) in [5.41, 5.74) is -3.18. The van der Waals surface area contributed by atoms with E-state index in [2.05, 4.69) is 5.10 Å². The molecule has 1 heterocycles. The Labute approximate surface area is 136 Å². The smallest absolute Gasteiger partial charge is 0.362 e. The molecule has 1 N–H and O–H groups in total. The number of carbonyl (C=O) groups excluding carboxylic acids is 1. The van der Waals surface area contributed by atoms with Gasteiger partial charge in [0, 0.05) is 22.7 Å². The molecule has 4 nitrogen and oxygen atoms in total. The van der Waals surface area contributed by atoms with Gasteiger partial charge in [0.1, 0.15) is 0 Å². The Balaban J connectivity index is 2.35. The number of rotatable bonds is 4. The molecule has 2 rings (SSSR count). The Morgan fingerprint density at radius 3 is 2.52 bits per heavy atom. The summed E-state index contributed by atoms with van der Waals surface area (Å²) in [7, 11) is 0. The molecule has 0 aliphatic carbocycles. The van der Waals surface area contributed by atoms with Crippen LogP contribution in [0.25, 0.3) is 0 Å². The van der Waals surface area contributed by atoms with Crippen LogP contribution in [-0.4, -0.2) is 33.6 Å². The molecule has 0 spiro atoms. The zero-order valence-corrected chi connectivity index (χ0v) is 13.2. The lowest BCUT2D eigenvalue weighted by molar-refractivity contribution is -0.297. The molecular weight excluding hydrogens is 333 g/mol. The van der Waals surface area contributed by atoms with Crippen molar-refractivity contribution in [3.63, 3.8) is 0 Å². The molecule has 0 radical (unpaired) electrons. The van der Waals surface area contributed by atoms with E-state index in [0.717, 1.165) is 6.42 Å². The summed E-state index contributed by atoms with van der Waals surface area (Å²) in [6, 6.07) is 5.36. The van der Waals surface area contributed by atoms with Crippen LogP contribution in [0.3, 0.4) is 0 Å². The number of amides is 1. The van der Waals surface area contributed by atoms with Crippen LogP contribution in [0.5, 0.6) is 0 Å². The lowest BCUT2D eigenvalue weighted by Gasteiger charge is -2.32. The first-order chi connectivity index (χ1) is 10.7. The van der Waals surface area contributed by atoms with E-state index < -0.39 is 24.2 Å². The number of unbranched alkanes of at least 4 members (excludes halogenated alkanes) is 1. The predicted molar refractivity (Wildman–Crippen MR) is 80.2 cm³/mol. The fraction of sp³-hybridized carbons (Fsp3) is 0.467. The van der Waals surface area contributed by atoms with Gasteiger partial charge in [-0.15, -0.1) is 0 Å². The van der Waals surface area contributed by atoms with Gasteiger partial charge in [0.2, 0.25) is 0 Å². The molecule has 8 heteroatoms. The molecule has 1 amide bonds. The van der Waals surface area contributed by atoms with Gasteiger partial charge in [0.15, 0.2) is 0 Å². The van der Waals surface area contributed by atoms with Gasteiger partial charge in [-0.3, -0.25) is 4.79 Å². The highest BCUT2D eigenvalue weighted by Crippen LogP contribution is 2.41. The highest BCUT2D eigenvalue weighted by atomic mass is 35.5. The molecule has 0 bridgehead atoms. The van der Waals surface area contributed by atoms with Crippen molar-refractivity contribution in [3.8, 4) is 0 Å². The molecule has 1 aliphatic heterocycles. The first kappa shape index (κ1) is 17.7. The number of aliphatic hydroxyl groups is 1. The lowest BCUT2D eigenvalue weighted by Crippen LogP contribution is -2.56. The van der Waals surface area contributed by atoms with Gasteiger partial charge in [0.25, 0.3) is 11.6 Å². The van der Waals surface area contributed by atoms with Gasteiger partial charge in [0.05, 0.1) is 0 Å². The third kappa shape index (κ3) is 3.50. The second kappa shape index (κ2) is 6.49. The number of hydrazone groups is 1. The SMILES string of the molecule is CCCCC1=NN(C(=O)c2ccc(Cl)cc2)[C@](O)(C(F)(F)F)C1. The minimum Gasteiger partial charge on any atom is -0.362 e. The number of nitrogens with zero attached hydrogens (tertiary/aromatic N) is 2. The molecule has 0 unspecified atom stereocenters. The summed E-state index contributed by atoms with van der Waals surface area (Å²) in [5.74, 6) is -1.02. The third-order valence-corrected chi connectivity index (χ3v) is 3.85. The van der Waals surface area contributed by atoms with Crippen molar-refractivity contribution in [1.82, 2.24) is 5.01 Å². The molecule has 0 fully saturated rings. The lowest BCUT2D eigenvalue weighted by atomic mass is 10.0. The monoisotopic (exact) mass is 348 g/mol. The average molecular weight is 349 g/mol. The zero-order valence-electron chi connectivity index (χ0n) is 12.4. The Morgan fingerprint density at radius 2 is 2.00 bits per heavy atom. The third-order valence-electron chi connectivity index (χ3n) is 3.60. The van der Waals surface area contributed by atoms with Crippen LogP contribution in [-0.2, 0) is 0 Å². The standard InChI is InChI=1S/C15H16ClF3N2O2/c1-2-3-4-12-9-14(23,15(17,18)19)21(20-12)13(22)10-5-7-11(16)8-6-10/h5-8,23H,2-4,9H2,1H3/t14-/m1/s1. The minimum atomic E-state index is -5.01. The van der Waals surface area contributed by atoms with Crippen molar-refractivity contribution in [3.05, 3.63) is 34.9 Å². The van der Waals surface area contributed by atoms with Gasteiger partial charge in [-0.1, -0.05) is 24.9 Å². The fourth-order valence-electron chi connectivity index (χ4n) is 2.29. The molecule has 0 saturated heterocycles. The minimum absolute atomic E-state index is 0.0300. The Kier molecular flexibility index (Phi) is 5.01. The van der Waals surface area contributed by atoms with Crippen LogP contribution in [0.15, 0.2) is 29.4 Å². The van der Waals surface area contributed by atoms with Crippen LogP contribution in [0, 0.1) is 0 Å². The first-order valence-electron chi connectivity index (χ1n) is 7.14. The maximum absolute atomic E-state index is 13.3. The molecule has 1 aromatic rings. The van der Waals surface area contributed by atoms with Crippen molar-refractivity contribution >= 4 is 23.2 Å². The summed E-state index contributed by atoms with van der Waals surface area (Å²) in [5, 5.41) is 14.3. The number of alkyl halides is 3. The summed E-state index contributed by atoms with van der Waals surface area (Å²) in [6.45, 7) is 1.89. The Morgan fingerprint density at radius 1 is 1.39 bits per heavy atom. The molecule has 1 atom stereocenters. The normalized spacial score (nSPS) is 21.5. The van der Waals surface area contributed by atoms with Gasteiger partial charge >= 0.3 is 6.18 Å². The van der Waals surface area contributed by atoms with Gasteiger partial charge in [-0.05, 0) is 37.1 Å². The van der Waals surface area contributed by atoms with E-state index in [1.165, 1.54) is 24.3 Å². The van der Waals surface area contributed by atoms with Crippen molar-refractivity contribution in [2.75, 3.05) is 0 Å². The summed E-state index contributed by atoms with van der Waals surface area (Å²) in [4.78, 5) is 12.4. The summed E-state index contributed by atoms with van der Waals surface area (Å²) < 4.78 is 39.9. The van der Waals surface area contributed by atoms with Crippen LogP contribution in [0.1, 0.15) is 43.0 Å². The quantitative estimate of drug-likeness (QED) is 0.894. The summed E-state index contributed by atoms with van der Waals surface area (Å²) in [6.07, 6.45) is -4.02. The maximum atomic E-state index is 13.3. The van der Waals surface area contributed by atoms with Gasteiger partial charge < -0.3 is 5.11 Å². The Hall–Kier alpha value is -1.60. The van der Waals surface area contributed by atoms with E-state index in [-0.39, 0.29) is 16.3 Å². The van der Waals surface area contributed by atoms with Gasteiger partial charge in [-0.2, -0.15) is 23.3 Å². The number of carbonyl (C=O) groups is 1. The van der Waals surface area contributed by atoms with Crippen LogP contribution in [0.4, 0.5) is 13.2 Å². The van der Waals surface area contributed by atoms with E-state index in [9.17, 15) is 23.1 Å². The fourth-order valence-corrected chi connectivity index (χ4v) is 2.41. The van der Waals surface area contributed by atoms with Crippen molar-refractivity contribution in [2.45, 2.75) is 44.5 Å². The number of halogens is 4. The van der Waals surface area contributed by atoms with E-state index >= 15 is 0 Å². The van der Waals surface area contributed by atoms with Crippen molar-refractivity contribution in [2.24, 2.45) is 5.10 Å². The van der Waals surface area contributed by atoms with Crippen LogP contribution < -0.4 is 0 Å². The molecular formula is C15H16ClF3N2O2. The summed E-state index contributed by atoms with van der Waals surface area (Å²) >= 11 is 5.70. The van der Waals surface area contributed by atoms with Crippen LogP contribution in [0.2, 0.25) is 5.02 Å². The van der Waals surface area contributed by atoms with Crippen LogP contribution >= 0.6 is 11.6 Å². The zero-order chi connectivity index (χ0) is 17.3. The number of benzene rings is 1. The van der Waals surface area contributed by atoms with E-state index in [1.54, 1.807) is 0 Å². The van der Waals surface area contributed by atoms with E-state index in [4.69, 9.17) is 11.6 Å². The molecule has 0 saturated carbocycles. The van der Waals surface area contributed by atoms with E-state index in [0.29, 0.717) is 17.9 Å².